The van der Waals surface area contributed by atoms with Crippen LogP contribution in [0.2, 0.25) is 0 Å². The van der Waals surface area contributed by atoms with Crippen LogP contribution < -0.4 is 10.6 Å². The Balaban J connectivity index is 1.96. The Kier molecular flexibility index (Phi) is 8.05. The topological polar surface area (TPSA) is 71.7 Å². The smallest absolute Gasteiger partial charge is 0.213 e. The summed E-state index contributed by atoms with van der Waals surface area (Å²) in [5, 5.41) is 6.54. The van der Waals surface area contributed by atoms with Crippen molar-refractivity contribution in [1.82, 2.24) is 15.6 Å². The zero-order valence-electron chi connectivity index (χ0n) is 18.0. The van der Waals surface area contributed by atoms with Gasteiger partial charge in [0.25, 0.3) is 0 Å². The van der Waals surface area contributed by atoms with Crippen molar-refractivity contribution in [3.05, 3.63) is 53.2 Å². The molecule has 0 amide bonds. The van der Waals surface area contributed by atoms with Crippen LogP contribution in [0.5, 0.6) is 0 Å². The molecule has 1 aromatic carbocycles. The molecule has 2 N–H and O–H groups in total. The van der Waals surface area contributed by atoms with Crippen molar-refractivity contribution in [2.24, 2.45) is 4.99 Å². The van der Waals surface area contributed by atoms with Gasteiger partial charge in [-0.05, 0) is 31.9 Å². The van der Waals surface area contributed by atoms with E-state index >= 15 is 0 Å². The maximum atomic E-state index is 5.83. The second kappa shape index (κ2) is 10.3. The molecule has 2 aromatic rings. The van der Waals surface area contributed by atoms with Crippen molar-refractivity contribution >= 4 is 5.96 Å². The Morgan fingerprint density at radius 3 is 2.61 bits per heavy atom. The molecule has 0 saturated heterocycles. The first-order chi connectivity index (χ1) is 13.3. The van der Waals surface area contributed by atoms with E-state index in [4.69, 9.17) is 9.15 Å². The number of aromatic nitrogens is 1. The van der Waals surface area contributed by atoms with Crippen molar-refractivity contribution in [1.29, 1.82) is 0 Å². The van der Waals surface area contributed by atoms with Crippen LogP contribution in [-0.2, 0) is 29.8 Å². The van der Waals surface area contributed by atoms with E-state index in [1.807, 2.05) is 26.8 Å². The third-order valence-corrected chi connectivity index (χ3v) is 4.04. The van der Waals surface area contributed by atoms with Crippen LogP contribution in [0.3, 0.4) is 0 Å². The largest absolute Gasteiger partial charge is 0.443 e. The fourth-order valence-corrected chi connectivity index (χ4v) is 2.49. The van der Waals surface area contributed by atoms with Gasteiger partial charge in [-0.1, -0.05) is 45.0 Å². The quantitative estimate of drug-likeness (QED) is 0.527. The van der Waals surface area contributed by atoms with Gasteiger partial charge in [0, 0.05) is 12.0 Å². The zero-order valence-corrected chi connectivity index (χ0v) is 18.0. The Bertz CT molecular complexity index is 760. The SMILES string of the molecule is CCNC(=NCc1cccc(COC(C)C)c1)NCc1ncc(C(C)(C)C)o1. The third kappa shape index (κ3) is 7.35. The molecule has 0 bridgehead atoms. The molecule has 6 heteroatoms. The summed E-state index contributed by atoms with van der Waals surface area (Å²) >= 11 is 0. The normalized spacial score (nSPS) is 12.5. The van der Waals surface area contributed by atoms with Crippen LogP contribution in [0.4, 0.5) is 0 Å². The molecular weight excluding hydrogens is 352 g/mol. The van der Waals surface area contributed by atoms with Gasteiger partial charge >= 0.3 is 0 Å². The summed E-state index contributed by atoms with van der Waals surface area (Å²) in [6, 6.07) is 8.34. The molecule has 2 rings (SSSR count). The van der Waals surface area contributed by atoms with E-state index in [0.29, 0.717) is 25.6 Å². The molecule has 0 aliphatic rings. The van der Waals surface area contributed by atoms with Gasteiger partial charge in [-0.25, -0.2) is 9.98 Å². The second-order valence-electron chi connectivity index (χ2n) is 8.10. The molecule has 0 atom stereocenters. The number of nitrogens with zero attached hydrogens (tertiary/aromatic N) is 2. The van der Waals surface area contributed by atoms with Crippen LogP contribution in [0.1, 0.15) is 64.3 Å². The predicted octanol–water partition coefficient (Wildman–Crippen LogP) is 4.15. The van der Waals surface area contributed by atoms with E-state index in [1.165, 1.54) is 0 Å². The molecule has 154 valence electrons. The summed E-state index contributed by atoms with van der Waals surface area (Å²) in [5.74, 6) is 2.27. The molecule has 1 heterocycles. The second-order valence-corrected chi connectivity index (χ2v) is 8.10. The summed E-state index contributed by atoms with van der Waals surface area (Å²) in [5.41, 5.74) is 2.26. The zero-order chi connectivity index (χ0) is 20.6. The molecule has 0 fully saturated rings. The van der Waals surface area contributed by atoms with Crippen LogP contribution in [0.25, 0.3) is 0 Å². The highest BCUT2D eigenvalue weighted by molar-refractivity contribution is 5.79. The number of guanidine groups is 1. The van der Waals surface area contributed by atoms with E-state index in [2.05, 4.69) is 59.6 Å². The monoisotopic (exact) mass is 386 g/mol. The fraction of sp³-hybridized carbons (Fsp3) is 0.545. The summed E-state index contributed by atoms with van der Waals surface area (Å²) in [7, 11) is 0. The van der Waals surface area contributed by atoms with Crippen LogP contribution >= 0.6 is 0 Å². The standard InChI is InChI=1S/C22H34N4O2/c1-7-23-21(26-14-20-24-13-19(28-20)22(4,5)6)25-12-17-9-8-10-18(11-17)15-27-16(2)3/h8-11,13,16H,7,12,14-15H2,1-6H3,(H2,23,25,26). The molecule has 1 aromatic heterocycles. The molecule has 0 radical (unpaired) electrons. The lowest BCUT2D eigenvalue weighted by Crippen LogP contribution is -2.36. The van der Waals surface area contributed by atoms with E-state index in [9.17, 15) is 0 Å². The molecule has 0 aliphatic carbocycles. The first-order valence-electron chi connectivity index (χ1n) is 9.94. The van der Waals surface area contributed by atoms with E-state index in [0.717, 1.165) is 29.4 Å². The van der Waals surface area contributed by atoms with Crippen molar-refractivity contribution in [3.8, 4) is 0 Å². The number of oxazole rings is 1. The molecule has 0 unspecified atom stereocenters. The van der Waals surface area contributed by atoms with Crippen molar-refractivity contribution in [2.45, 2.75) is 72.8 Å². The summed E-state index contributed by atoms with van der Waals surface area (Å²) in [4.78, 5) is 9.03. The summed E-state index contributed by atoms with van der Waals surface area (Å²) < 4.78 is 11.5. The van der Waals surface area contributed by atoms with Gasteiger partial charge in [0.15, 0.2) is 5.96 Å². The number of rotatable bonds is 8. The number of nitrogens with one attached hydrogen (secondary N) is 2. The van der Waals surface area contributed by atoms with Crippen LogP contribution in [-0.4, -0.2) is 23.6 Å². The number of hydrogen-bond acceptors (Lipinski definition) is 4. The van der Waals surface area contributed by atoms with E-state index < -0.39 is 0 Å². The summed E-state index contributed by atoms with van der Waals surface area (Å²) in [6.07, 6.45) is 2.02. The maximum Gasteiger partial charge on any atom is 0.213 e. The Morgan fingerprint density at radius 2 is 1.96 bits per heavy atom. The van der Waals surface area contributed by atoms with Crippen molar-refractivity contribution in [3.63, 3.8) is 0 Å². The number of hydrogen-bond donors (Lipinski definition) is 2. The first kappa shape index (κ1) is 22.0. The maximum absolute atomic E-state index is 5.83. The first-order valence-corrected chi connectivity index (χ1v) is 9.94. The van der Waals surface area contributed by atoms with Gasteiger partial charge in [0.1, 0.15) is 5.76 Å². The van der Waals surface area contributed by atoms with E-state index in [1.54, 1.807) is 6.20 Å². The molecule has 28 heavy (non-hydrogen) atoms. The van der Waals surface area contributed by atoms with Gasteiger partial charge < -0.3 is 19.8 Å². The highest BCUT2D eigenvalue weighted by atomic mass is 16.5. The van der Waals surface area contributed by atoms with Gasteiger partial charge in [-0.15, -0.1) is 0 Å². The molecule has 6 nitrogen and oxygen atoms in total. The van der Waals surface area contributed by atoms with Gasteiger partial charge in [-0.3, -0.25) is 0 Å². The Labute approximate surface area is 168 Å². The lowest BCUT2D eigenvalue weighted by atomic mass is 9.94. The van der Waals surface area contributed by atoms with Gasteiger partial charge in [-0.2, -0.15) is 0 Å². The highest BCUT2D eigenvalue weighted by Gasteiger charge is 2.19. The minimum absolute atomic E-state index is 0.0475. The lowest BCUT2D eigenvalue weighted by Gasteiger charge is -2.13. The van der Waals surface area contributed by atoms with Gasteiger partial charge in [0.05, 0.1) is 32.0 Å². The molecular formula is C22H34N4O2. The van der Waals surface area contributed by atoms with Crippen LogP contribution in [0, 0.1) is 0 Å². The van der Waals surface area contributed by atoms with Gasteiger partial charge in [0.2, 0.25) is 5.89 Å². The predicted molar refractivity (Wildman–Crippen MR) is 113 cm³/mol. The molecule has 0 spiro atoms. The number of ether oxygens (including phenoxy) is 1. The number of benzene rings is 1. The van der Waals surface area contributed by atoms with Crippen molar-refractivity contribution in [2.75, 3.05) is 6.54 Å². The van der Waals surface area contributed by atoms with E-state index in [-0.39, 0.29) is 11.5 Å². The summed E-state index contributed by atoms with van der Waals surface area (Å²) in [6.45, 7) is 14.9. The minimum atomic E-state index is -0.0475. The average Bonchev–Trinajstić information content (AvgIpc) is 3.12. The Morgan fingerprint density at radius 1 is 1.21 bits per heavy atom. The highest BCUT2D eigenvalue weighted by Crippen LogP contribution is 2.22. The Hall–Kier alpha value is -2.34. The third-order valence-electron chi connectivity index (χ3n) is 4.04. The lowest BCUT2D eigenvalue weighted by molar-refractivity contribution is 0.0657. The number of aliphatic imine (C=N–C) groups is 1. The fourth-order valence-electron chi connectivity index (χ4n) is 2.49. The van der Waals surface area contributed by atoms with Crippen LogP contribution in [0.15, 0.2) is 39.9 Å². The minimum Gasteiger partial charge on any atom is -0.443 e. The average molecular weight is 387 g/mol. The van der Waals surface area contributed by atoms with Crippen molar-refractivity contribution < 1.29 is 9.15 Å². The molecule has 0 aliphatic heterocycles. The molecule has 0 saturated carbocycles.